The number of aromatic nitrogens is 2. The van der Waals surface area contributed by atoms with Gasteiger partial charge < -0.3 is 4.40 Å². The molecule has 0 bridgehead atoms. The van der Waals surface area contributed by atoms with Gasteiger partial charge >= 0.3 is 0 Å². The van der Waals surface area contributed by atoms with Gasteiger partial charge in [0.1, 0.15) is 5.65 Å². The minimum atomic E-state index is 0.303. The van der Waals surface area contributed by atoms with Gasteiger partial charge in [-0.05, 0) is 50.9 Å². The quantitative estimate of drug-likeness (QED) is 0.804. The Morgan fingerprint density at radius 1 is 1.37 bits per heavy atom. The zero-order chi connectivity index (χ0) is 13.2. The maximum Gasteiger partial charge on any atom is 0.137 e. The van der Waals surface area contributed by atoms with Crippen molar-refractivity contribution >= 4 is 17.2 Å². The van der Waals surface area contributed by atoms with Gasteiger partial charge in [-0.3, -0.25) is 4.90 Å². The fourth-order valence-corrected chi connectivity index (χ4v) is 3.11. The average molecular weight is 278 g/mol. The van der Waals surface area contributed by atoms with E-state index in [1.165, 1.54) is 12.8 Å². The van der Waals surface area contributed by atoms with Crippen LogP contribution in [0.5, 0.6) is 0 Å². The molecule has 1 aliphatic rings. The summed E-state index contributed by atoms with van der Waals surface area (Å²) in [6, 6.07) is 6.11. The van der Waals surface area contributed by atoms with Crippen molar-refractivity contribution in [1.82, 2.24) is 14.3 Å². The number of halogens is 1. The molecular weight excluding hydrogens is 258 g/mol. The molecule has 2 aromatic heterocycles. The monoisotopic (exact) mass is 277 g/mol. The molecular formula is C15H20ClN3. The lowest BCUT2D eigenvalue weighted by Crippen LogP contribution is -2.35. The highest BCUT2D eigenvalue weighted by Gasteiger charge is 2.22. The molecule has 1 atom stereocenters. The molecule has 1 aliphatic heterocycles. The van der Waals surface area contributed by atoms with E-state index in [0.717, 1.165) is 31.0 Å². The van der Waals surface area contributed by atoms with Crippen molar-refractivity contribution in [2.45, 2.75) is 31.7 Å². The highest BCUT2D eigenvalue weighted by atomic mass is 35.5. The summed E-state index contributed by atoms with van der Waals surface area (Å²) in [5.74, 6) is 0.680. The second-order valence-electron chi connectivity index (χ2n) is 5.49. The first kappa shape index (κ1) is 12.9. The molecule has 3 heterocycles. The topological polar surface area (TPSA) is 20.5 Å². The number of fused-ring (bicyclic) bond motifs is 1. The van der Waals surface area contributed by atoms with Crippen LogP contribution in [0.2, 0.25) is 0 Å². The molecule has 0 aliphatic carbocycles. The number of nitrogens with zero attached hydrogens (tertiary/aromatic N) is 3. The van der Waals surface area contributed by atoms with Gasteiger partial charge in [0.2, 0.25) is 0 Å². The number of hydrogen-bond acceptors (Lipinski definition) is 2. The van der Waals surface area contributed by atoms with Crippen LogP contribution in [0.4, 0.5) is 0 Å². The molecule has 4 heteroatoms. The second-order valence-corrected chi connectivity index (χ2v) is 6.18. The van der Waals surface area contributed by atoms with Crippen LogP contribution in [0.1, 0.15) is 25.5 Å². The highest BCUT2D eigenvalue weighted by Crippen LogP contribution is 2.24. The van der Waals surface area contributed by atoms with Crippen LogP contribution in [-0.2, 0) is 6.54 Å². The number of pyridine rings is 1. The third-order valence-corrected chi connectivity index (χ3v) is 4.44. The summed E-state index contributed by atoms with van der Waals surface area (Å²) in [7, 11) is 0. The van der Waals surface area contributed by atoms with Gasteiger partial charge in [0, 0.05) is 24.3 Å². The van der Waals surface area contributed by atoms with Crippen molar-refractivity contribution in [1.29, 1.82) is 0 Å². The first-order valence-electron chi connectivity index (χ1n) is 7.01. The van der Waals surface area contributed by atoms with E-state index in [4.69, 9.17) is 11.6 Å². The van der Waals surface area contributed by atoms with Crippen LogP contribution in [0, 0.1) is 5.92 Å². The van der Waals surface area contributed by atoms with Crippen LogP contribution >= 0.6 is 11.6 Å². The standard InChI is InChI=1S/C15H20ClN3/c1-12(16)13-5-8-18(9-6-13)10-14-11-19-7-3-2-4-15(19)17-14/h2-4,7,11-13H,5-6,8-10H2,1H3. The number of rotatable bonds is 3. The van der Waals surface area contributed by atoms with E-state index < -0.39 is 0 Å². The molecule has 0 saturated carbocycles. The number of hydrogen-bond donors (Lipinski definition) is 0. The molecule has 0 aromatic carbocycles. The largest absolute Gasteiger partial charge is 0.307 e. The number of imidazole rings is 1. The maximum absolute atomic E-state index is 6.18. The van der Waals surface area contributed by atoms with Crippen LogP contribution in [0.25, 0.3) is 5.65 Å². The zero-order valence-electron chi connectivity index (χ0n) is 11.3. The minimum absolute atomic E-state index is 0.303. The van der Waals surface area contributed by atoms with E-state index in [-0.39, 0.29) is 0 Å². The van der Waals surface area contributed by atoms with Crippen molar-refractivity contribution in [3.05, 3.63) is 36.3 Å². The first-order valence-corrected chi connectivity index (χ1v) is 7.45. The van der Waals surface area contributed by atoms with Crippen molar-refractivity contribution in [2.24, 2.45) is 5.92 Å². The molecule has 1 unspecified atom stereocenters. The van der Waals surface area contributed by atoms with E-state index in [1.807, 2.05) is 24.4 Å². The summed E-state index contributed by atoms with van der Waals surface area (Å²) < 4.78 is 2.09. The Labute approximate surface area is 119 Å². The molecule has 1 fully saturated rings. The molecule has 0 radical (unpaired) electrons. The van der Waals surface area contributed by atoms with Gasteiger partial charge in [-0.1, -0.05) is 6.07 Å². The lowest BCUT2D eigenvalue weighted by atomic mass is 9.94. The average Bonchev–Trinajstić information content (AvgIpc) is 2.81. The van der Waals surface area contributed by atoms with Crippen LogP contribution in [-0.4, -0.2) is 32.8 Å². The van der Waals surface area contributed by atoms with E-state index in [9.17, 15) is 0 Å². The van der Waals surface area contributed by atoms with E-state index in [0.29, 0.717) is 11.3 Å². The Kier molecular flexibility index (Phi) is 3.76. The Morgan fingerprint density at radius 2 is 2.16 bits per heavy atom. The van der Waals surface area contributed by atoms with Crippen LogP contribution < -0.4 is 0 Å². The molecule has 102 valence electrons. The molecule has 0 spiro atoms. The van der Waals surface area contributed by atoms with Crippen molar-refractivity contribution in [3.8, 4) is 0 Å². The van der Waals surface area contributed by atoms with Gasteiger partial charge in [-0.15, -0.1) is 11.6 Å². The van der Waals surface area contributed by atoms with Crippen LogP contribution in [0.3, 0.4) is 0 Å². The molecule has 1 saturated heterocycles. The Bertz CT molecular complexity index is 508. The van der Waals surface area contributed by atoms with E-state index in [1.54, 1.807) is 0 Å². The van der Waals surface area contributed by atoms with E-state index >= 15 is 0 Å². The van der Waals surface area contributed by atoms with Crippen LogP contribution in [0.15, 0.2) is 30.6 Å². The second kappa shape index (κ2) is 5.51. The highest BCUT2D eigenvalue weighted by molar-refractivity contribution is 6.20. The fourth-order valence-electron chi connectivity index (χ4n) is 2.86. The molecule has 3 rings (SSSR count). The van der Waals surface area contributed by atoms with Crippen molar-refractivity contribution in [2.75, 3.05) is 13.1 Å². The Morgan fingerprint density at radius 3 is 2.84 bits per heavy atom. The van der Waals surface area contributed by atoms with Gasteiger partial charge in [0.25, 0.3) is 0 Å². The van der Waals surface area contributed by atoms with Gasteiger partial charge in [-0.25, -0.2) is 4.98 Å². The molecule has 19 heavy (non-hydrogen) atoms. The number of piperidine rings is 1. The SMILES string of the molecule is CC(Cl)C1CCN(Cc2cn3ccccc3n2)CC1. The normalized spacial score (nSPS) is 19.9. The first-order chi connectivity index (χ1) is 9.22. The fraction of sp³-hybridized carbons (Fsp3) is 0.533. The summed E-state index contributed by atoms with van der Waals surface area (Å²) in [6.45, 7) is 5.33. The summed E-state index contributed by atoms with van der Waals surface area (Å²) in [5, 5.41) is 0.303. The van der Waals surface area contributed by atoms with Crippen molar-refractivity contribution < 1.29 is 0 Å². The summed E-state index contributed by atoms with van der Waals surface area (Å²) in [6.07, 6.45) is 6.59. The summed E-state index contributed by atoms with van der Waals surface area (Å²) >= 11 is 6.18. The summed E-state index contributed by atoms with van der Waals surface area (Å²) in [4.78, 5) is 7.14. The Hall–Kier alpha value is -1.06. The van der Waals surface area contributed by atoms with E-state index in [2.05, 4.69) is 27.4 Å². The van der Waals surface area contributed by atoms with Gasteiger partial charge in [0.05, 0.1) is 5.69 Å². The summed E-state index contributed by atoms with van der Waals surface area (Å²) in [5.41, 5.74) is 2.19. The Balaban J connectivity index is 1.63. The third kappa shape index (κ3) is 2.93. The lowest BCUT2D eigenvalue weighted by Gasteiger charge is -2.32. The molecule has 0 amide bonds. The smallest absolute Gasteiger partial charge is 0.137 e. The number of likely N-dealkylation sites (tertiary alicyclic amines) is 1. The lowest BCUT2D eigenvalue weighted by molar-refractivity contribution is 0.175. The van der Waals surface area contributed by atoms with Gasteiger partial charge in [0.15, 0.2) is 0 Å². The zero-order valence-corrected chi connectivity index (χ0v) is 12.1. The molecule has 2 aromatic rings. The predicted octanol–water partition coefficient (Wildman–Crippen LogP) is 3.17. The number of alkyl halides is 1. The molecule has 3 nitrogen and oxygen atoms in total. The van der Waals surface area contributed by atoms with Gasteiger partial charge in [-0.2, -0.15) is 0 Å². The maximum atomic E-state index is 6.18. The minimum Gasteiger partial charge on any atom is -0.307 e. The van der Waals surface area contributed by atoms with Crippen molar-refractivity contribution in [3.63, 3.8) is 0 Å². The third-order valence-electron chi connectivity index (χ3n) is 4.08. The predicted molar refractivity (Wildman–Crippen MR) is 78.5 cm³/mol. The molecule has 0 N–H and O–H groups in total.